The number of benzene rings is 2. The van der Waals surface area contributed by atoms with Gasteiger partial charge in [-0.3, -0.25) is 4.79 Å². The molecule has 2 rings (SSSR count). The molecule has 0 spiro atoms. The van der Waals surface area contributed by atoms with Crippen LogP contribution < -0.4 is 10.1 Å². The number of nitrogens with one attached hydrogen (secondary N) is 1. The van der Waals surface area contributed by atoms with Crippen LogP contribution in [0.5, 0.6) is 5.75 Å². The molecule has 1 N–H and O–H groups in total. The van der Waals surface area contributed by atoms with E-state index in [9.17, 15) is 4.79 Å². The fourth-order valence-electron chi connectivity index (χ4n) is 2.37. The van der Waals surface area contributed by atoms with Crippen molar-refractivity contribution in [1.29, 1.82) is 0 Å². The maximum absolute atomic E-state index is 12.3. The molecule has 2 aromatic rings. The van der Waals surface area contributed by atoms with Crippen LogP contribution in [0.1, 0.15) is 37.8 Å². The lowest BCUT2D eigenvalue weighted by molar-refractivity contribution is -0.122. The normalized spacial score (nSPS) is 11.8. The molecule has 0 bridgehead atoms. The Balaban J connectivity index is 1.93. The average Bonchev–Trinajstić information content (AvgIpc) is 2.56. The van der Waals surface area contributed by atoms with Crippen LogP contribution in [0.4, 0.5) is 5.69 Å². The molecular formula is C20H24ClNO2. The van der Waals surface area contributed by atoms with E-state index < -0.39 is 6.10 Å². The lowest BCUT2D eigenvalue weighted by Crippen LogP contribution is -2.30. The van der Waals surface area contributed by atoms with Crippen LogP contribution in [0.25, 0.3) is 0 Å². The van der Waals surface area contributed by atoms with Crippen molar-refractivity contribution in [2.75, 3.05) is 5.32 Å². The largest absolute Gasteiger partial charge is 0.481 e. The first-order chi connectivity index (χ1) is 11.5. The monoisotopic (exact) mass is 345 g/mol. The maximum Gasteiger partial charge on any atom is 0.265 e. The quantitative estimate of drug-likeness (QED) is 0.729. The van der Waals surface area contributed by atoms with Gasteiger partial charge in [0.15, 0.2) is 6.10 Å². The van der Waals surface area contributed by atoms with Crippen molar-refractivity contribution in [2.45, 2.75) is 46.1 Å². The third kappa shape index (κ3) is 5.27. The molecule has 4 heteroatoms. The van der Waals surface area contributed by atoms with Crippen LogP contribution >= 0.6 is 11.6 Å². The third-order valence-electron chi connectivity index (χ3n) is 3.85. The minimum atomic E-state index is -0.593. The Hall–Kier alpha value is -2.00. The highest BCUT2D eigenvalue weighted by Gasteiger charge is 2.16. The highest BCUT2D eigenvalue weighted by atomic mass is 35.5. The molecule has 128 valence electrons. The van der Waals surface area contributed by atoms with E-state index in [0.29, 0.717) is 10.8 Å². The minimum Gasteiger partial charge on any atom is -0.481 e. The standard InChI is InChI=1S/C20H24ClNO2/c1-4-5-6-16-7-10-18(11-8-16)22-20(23)15(3)24-19-12-9-17(21)13-14(19)2/h7-13,15H,4-6H2,1-3H3,(H,22,23). The average molecular weight is 346 g/mol. The first-order valence-corrected chi connectivity index (χ1v) is 8.70. The van der Waals surface area contributed by atoms with Gasteiger partial charge in [-0.15, -0.1) is 0 Å². The Labute approximate surface area is 149 Å². The highest BCUT2D eigenvalue weighted by Crippen LogP contribution is 2.23. The predicted octanol–water partition coefficient (Wildman–Crippen LogP) is 5.40. The van der Waals surface area contributed by atoms with Gasteiger partial charge >= 0.3 is 0 Å². The lowest BCUT2D eigenvalue weighted by atomic mass is 10.1. The van der Waals surface area contributed by atoms with Crippen LogP contribution in [-0.4, -0.2) is 12.0 Å². The number of hydrogen-bond acceptors (Lipinski definition) is 2. The van der Waals surface area contributed by atoms with Gasteiger partial charge in [-0.25, -0.2) is 0 Å². The number of carbonyl (C=O) groups excluding carboxylic acids is 1. The summed E-state index contributed by atoms with van der Waals surface area (Å²) in [5.74, 6) is 0.489. The molecule has 0 fully saturated rings. The summed E-state index contributed by atoms with van der Waals surface area (Å²) in [5, 5.41) is 3.54. The third-order valence-corrected chi connectivity index (χ3v) is 4.09. The summed E-state index contributed by atoms with van der Waals surface area (Å²) >= 11 is 5.93. The Kier molecular flexibility index (Phi) is 6.68. The summed E-state index contributed by atoms with van der Waals surface area (Å²) in [6.07, 6.45) is 2.83. The number of ether oxygens (including phenoxy) is 1. The Morgan fingerprint density at radius 3 is 2.54 bits per heavy atom. The Bertz CT molecular complexity index is 683. The zero-order valence-corrected chi connectivity index (χ0v) is 15.2. The van der Waals surface area contributed by atoms with Crippen molar-refractivity contribution in [2.24, 2.45) is 0 Å². The van der Waals surface area contributed by atoms with E-state index >= 15 is 0 Å². The molecule has 0 aliphatic rings. The zero-order chi connectivity index (χ0) is 17.5. The van der Waals surface area contributed by atoms with Gasteiger partial charge in [-0.05, 0) is 68.1 Å². The number of hydrogen-bond donors (Lipinski definition) is 1. The van der Waals surface area contributed by atoms with Crippen LogP contribution in [0.2, 0.25) is 5.02 Å². The summed E-state index contributed by atoms with van der Waals surface area (Å²) in [7, 11) is 0. The van der Waals surface area contributed by atoms with Gasteiger partial charge in [-0.1, -0.05) is 37.1 Å². The molecule has 2 aromatic carbocycles. The highest BCUT2D eigenvalue weighted by molar-refractivity contribution is 6.30. The van der Waals surface area contributed by atoms with E-state index in [0.717, 1.165) is 17.7 Å². The van der Waals surface area contributed by atoms with Gasteiger partial charge in [0.1, 0.15) is 5.75 Å². The molecule has 1 amide bonds. The minimum absolute atomic E-state index is 0.175. The molecule has 0 aromatic heterocycles. The lowest BCUT2D eigenvalue weighted by Gasteiger charge is -2.16. The Morgan fingerprint density at radius 1 is 1.21 bits per heavy atom. The maximum atomic E-state index is 12.3. The van der Waals surface area contributed by atoms with E-state index in [1.54, 1.807) is 19.1 Å². The van der Waals surface area contributed by atoms with E-state index in [1.807, 2.05) is 25.1 Å². The van der Waals surface area contributed by atoms with Crippen molar-refractivity contribution < 1.29 is 9.53 Å². The van der Waals surface area contributed by atoms with E-state index in [1.165, 1.54) is 18.4 Å². The fourth-order valence-corrected chi connectivity index (χ4v) is 2.60. The fraction of sp³-hybridized carbons (Fsp3) is 0.350. The number of amides is 1. The number of rotatable bonds is 7. The van der Waals surface area contributed by atoms with Gasteiger partial charge in [0.25, 0.3) is 5.91 Å². The molecule has 1 atom stereocenters. The topological polar surface area (TPSA) is 38.3 Å². The van der Waals surface area contributed by atoms with E-state index in [-0.39, 0.29) is 5.91 Å². The van der Waals surface area contributed by atoms with Crippen LogP contribution in [0.15, 0.2) is 42.5 Å². The van der Waals surface area contributed by atoms with E-state index in [2.05, 4.69) is 24.4 Å². The molecule has 0 radical (unpaired) electrons. The molecule has 0 saturated carbocycles. The predicted molar refractivity (Wildman–Crippen MR) is 100.0 cm³/mol. The smallest absolute Gasteiger partial charge is 0.265 e. The van der Waals surface area contributed by atoms with Crippen molar-refractivity contribution in [3.63, 3.8) is 0 Å². The molecule has 0 heterocycles. The molecule has 0 saturated heterocycles. The molecule has 0 aliphatic heterocycles. The summed E-state index contributed by atoms with van der Waals surface area (Å²) in [6.45, 7) is 5.82. The second-order valence-corrected chi connectivity index (χ2v) is 6.40. The molecule has 0 aliphatic carbocycles. The summed E-state index contributed by atoms with van der Waals surface area (Å²) in [5.41, 5.74) is 2.97. The second-order valence-electron chi connectivity index (χ2n) is 5.96. The molecule has 3 nitrogen and oxygen atoms in total. The number of aryl methyl sites for hydroxylation is 2. The van der Waals surface area contributed by atoms with Crippen LogP contribution in [0.3, 0.4) is 0 Å². The van der Waals surface area contributed by atoms with Gasteiger partial charge in [-0.2, -0.15) is 0 Å². The summed E-state index contributed by atoms with van der Waals surface area (Å²) in [6, 6.07) is 13.3. The van der Waals surface area contributed by atoms with E-state index in [4.69, 9.17) is 16.3 Å². The van der Waals surface area contributed by atoms with Gasteiger partial charge < -0.3 is 10.1 Å². The molecule has 24 heavy (non-hydrogen) atoms. The summed E-state index contributed by atoms with van der Waals surface area (Å²) in [4.78, 5) is 12.3. The Morgan fingerprint density at radius 2 is 1.92 bits per heavy atom. The first kappa shape index (κ1) is 18.3. The van der Waals surface area contributed by atoms with Crippen molar-refractivity contribution in [3.05, 3.63) is 58.6 Å². The van der Waals surface area contributed by atoms with Crippen molar-refractivity contribution in [3.8, 4) is 5.75 Å². The summed E-state index contributed by atoms with van der Waals surface area (Å²) < 4.78 is 5.74. The van der Waals surface area contributed by atoms with Crippen LogP contribution in [-0.2, 0) is 11.2 Å². The van der Waals surface area contributed by atoms with Crippen molar-refractivity contribution >= 4 is 23.2 Å². The van der Waals surface area contributed by atoms with Gasteiger partial charge in [0.2, 0.25) is 0 Å². The van der Waals surface area contributed by atoms with Gasteiger partial charge in [0, 0.05) is 10.7 Å². The number of carbonyl (C=O) groups is 1. The van der Waals surface area contributed by atoms with Gasteiger partial charge in [0.05, 0.1) is 0 Å². The number of halogens is 1. The first-order valence-electron chi connectivity index (χ1n) is 8.32. The van der Waals surface area contributed by atoms with Crippen molar-refractivity contribution in [1.82, 2.24) is 0 Å². The second kappa shape index (κ2) is 8.74. The van der Waals surface area contributed by atoms with Crippen LogP contribution in [0, 0.1) is 6.92 Å². The molecule has 1 unspecified atom stereocenters. The number of anilines is 1. The molecular weight excluding hydrogens is 322 g/mol. The zero-order valence-electron chi connectivity index (χ0n) is 14.4. The SMILES string of the molecule is CCCCc1ccc(NC(=O)C(C)Oc2ccc(Cl)cc2C)cc1. The number of unbranched alkanes of at least 4 members (excludes halogenated alkanes) is 1.